The molecule has 2 heterocycles. The van der Waals surface area contributed by atoms with Crippen molar-refractivity contribution in [3.63, 3.8) is 0 Å². The Morgan fingerprint density at radius 1 is 1.11 bits per heavy atom. The maximum absolute atomic E-state index is 13.2. The average molecular weight is 543 g/mol. The fraction of sp³-hybridized carbons (Fsp3) is 0.0714. The molecule has 1 aliphatic heterocycles. The van der Waals surface area contributed by atoms with Crippen LogP contribution in [0.3, 0.4) is 0 Å². The first-order valence-electron chi connectivity index (χ1n) is 11.3. The van der Waals surface area contributed by atoms with Crippen LogP contribution in [-0.2, 0) is 11.3 Å². The van der Waals surface area contributed by atoms with Gasteiger partial charge in [0.25, 0.3) is 11.8 Å². The number of aromatic nitrogens is 1. The molecule has 9 heteroatoms. The average Bonchev–Trinajstić information content (AvgIpc) is 3.32. The molecule has 0 aliphatic carbocycles. The second kappa shape index (κ2) is 10.2. The molecule has 0 atom stereocenters. The van der Waals surface area contributed by atoms with Gasteiger partial charge in [0, 0.05) is 39.3 Å². The summed E-state index contributed by atoms with van der Waals surface area (Å²) in [5.41, 5.74) is 7.32. The van der Waals surface area contributed by atoms with Gasteiger partial charge in [-0.3, -0.25) is 15.0 Å². The molecule has 1 N–H and O–H groups in total. The lowest BCUT2D eigenvalue weighted by molar-refractivity contribution is -0.123. The molecule has 1 aliphatic rings. The molecule has 1 saturated heterocycles. The zero-order valence-electron chi connectivity index (χ0n) is 19.6. The van der Waals surface area contributed by atoms with E-state index < -0.39 is 11.8 Å². The van der Waals surface area contributed by atoms with Gasteiger partial charge in [-0.15, -0.1) is 0 Å². The number of amides is 2. The van der Waals surface area contributed by atoms with E-state index in [1.54, 1.807) is 30.3 Å². The van der Waals surface area contributed by atoms with Crippen LogP contribution in [0, 0.1) is 18.3 Å². The van der Waals surface area contributed by atoms with Crippen LogP contribution in [-0.4, -0.2) is 25.7 Å². The molecular weight excluding hydrogens is 524 g/mol. The number of hydrogen-bond donors (Lipinski definition) is 1. The summed E-state index contributed by atoms with van der Waals surface area (Å²) < 4.78 is 2.38. The summed E-state index contributed by atoms with van der Waals surface area (Å²) >= 11 is 12.4. The number of thiocarbonyl (C=S) groups is 1. The molecule has 3 aromatic carbocycles. The third-order valence-corrected chi connectivity index (χ3v) is 7.69. The van der Waals surface area contributed by atoms with E-state index in [0.717, 1.165) is 44.5 Å². The summed E-state index contributed by atoms with van der Waals surface area (Å²) in [5.74, 6) is -0.860. The van der Waals surface area contributed by atoms with Gasteiger partial charge in [0.1, 0.15) is 0 Å². The highest BCUT2D eigenvalue weighted by Gasteiger charge is 2.34. The number of para-hydroxylation sites is 1. The third kappa shape index (κ3) is 4.77. The number of carbonyl (C=O) groups is 2. The monoisotopic (exact) mass is 542 g/mol. The Balaban J connectivity index is 1.48. The lowest BCUT2D eigenvalue weighted by atomic mass is 10.1. The first kappa shape index (κ1) is 24.8. The second-order valence-corrected chi connectivity index (χ2v) is 10.4. The molecule has 6 nitrogen and oxygen atoms in total. The van der Waals surface area contributed by atoms with Gasteiger partial charge in [0.2, 0.25) is 0 Å². The largest absolute Gasteiger partial charge is 0.340 e. The van der Waals surface area contributed by atoms with Crippen molar-refractivity contribution in [1.29, 1.82) is 5.26 Å². The van der Waals surface area contributed by atoms with Gasteiger partial charge in [0.05, 0.1) is 16.5 Å². The number of nitrogens with one attached hydrogen (secondary N) is 1. The summed E-state index contributed by atoms with van der Waals surface area (Å²) in [7, 11) is 0. The first-order valence-corrected chi connectivity index (χ1v) is 12.9. The predicted molar refractivity (Wildman–Crippen MR) is 151 cm³/mol. The highest BCUT2D eigenvalue weighted by Crippen LogP contribution is 2.35. The van der Waals surface area contributed by atoms with Crippen molar-refractivity contribution in [3.05, 3.63) is 111 Å². The second-order valence-electron chi connectivity index (χ2n) is 8.34. The van der Waals surface area contributed by atoms with Crippen LogP contribution in [0.4, 0.5) is 0 Å². The molecule has 0 radical (unpaired) electrons. The number of halogens is 1. The molecular formula is C28H19ClN4O2S2. The van der Waals surface area contributed by atoms with Crippen molar-refractivity contribution >= 4 is 68.7 Å². The van der Waals surface area contributed by atoms with Crippen LogP contribution in [0.1, 0.15) is 32.7 Å². The highest BCUT2D eigenvalue weighted by molar-refractivity contribution is 8.26. The Hall–Kier alpha value is -3.90. The number of rotatable bonds is 5. The Labute approximate surface area is 228 Å². The summed E-state index contributed by atoms with van der Waals surface area (Å²) in [6, 6.07) is 24.1. The molecule has 4 aromatic rings. The predicted octanol–water partition coefficient (Wildman–Crippen LogP) is 6.07. The van der Waals surface area contributed by atoms with E-state index in [1.807, 2.05) is 55.5 Å². The van der Waals surface area contributed by atoms with E-state index in [1.165, 1.54) is 0 Å². The number of thioether (sulfide) groups is 1. The zero-order valence-corrected chi connectivity index (χ0v) is 22.0. The quantitative estimate of drug-likeness (QED) is 0.245. The SMILES string of the molecule is Cc1c(/C=C2\SC(=S)N(NC(=O)c3ccc(Cl)cc3)C2=O)c2ccccc2n1Cc1ccccc1C#N. The van der Waals surface area contributed by atoms with Crippen molar-refractivity contribution in [3.8, 4) is 6.07 Å². The van der Waals surface area contributed by atoms with Crippen LogP contribution in [0.25, 0.3) is 17.0 Å². The molecule has 0 saturated carbocycles. The van der Waals surface area contributed by atoms with E-state index in [-0.39, 0.29) is 4.32 Å². The number of nitriles is 1. The summed E-state index contributed by atoms with van der Waals surface area (Å²) in [5, 5.41) is 12.1. The summed E-state index contributed by atoms with van der Waals surface area (Å²) in [6.07, 6.45) is 1.82. The summed E-state index contributed by atoms with van der Waals surface area (Å²) in [6.45, 7) is 2.51. The molecule has 1 fully saturated rings. The molecule has 182 valence electrons. The van der Waals surface area contributed by atoms with Crippen LogP contribution >= 0.6 is 35.6 Å². The minimum Gasteiger partial charge on any atom is -0.340 e. The van der Waals surface area contributed by atoms with Gasteiger partial charge in [0.15, 0.2) is 4.32 Å². The van der Waals surface area contributed by atoms with Gasteiger partial charge < -0.3 is 4.57 Å². The Morgan fingerprint density at radius 2 is 1.81 bits per heavy atom. The lowest BCUT2D eigenvalue weighted by Crippen LogP contribution is -2.44. The minimum absolute atomic E-state index is 0.239. The molecule has 1 aromatic heterocycles. The van der Waals surface area contributed by atoms with E-state index >= 15 is 0 Å². The lowest BCUT2D eigenvalue weighted by Gasteiger charge is -2.15. The van der Waals surface area contributed by atoms with Crippen LogP contribution in [0.5, 0.6) is 0 Å². The van der Waals surface area contributed by atoms with E-state index in [9.17, 15) is 14.9 Å². The normalized spacial score (nSPS) is 14.4. The van der Waals surface area contributed by atoms with Crippen molar-refractivity contribution in [2.24, 2.45) is 0 Å². The number of benzene rings is 3. The van der Waals surface area contributed by atoms with Gasteiger partial charge in [-0.25, -0.2) is 0 Å². The maximum Gasteiger partial charge on any atom is 0.285 e. The number of hydrogen-bond acceptors (Lipinski definition) is 5. The smallest absolute Gasteiger partial charge is 0.285 e. The maximum atomic E-state index is 13.2. The van der Waals surface area contributed by atoms with E-state index in [2.05, 4.69) is 16.1 Å². The number of hydrazine groups is 1. The Kier molecular flexibility index (Phi) is 6.85. The Morgan fingerprint density at radius 3 is 2.57 bits per heavy atom. The van der Waals surface area contributed by atoms with Crippen LogP contribution < -0.4 is 5.43 Å². The van der Waals surface area contributed by atoms with Crippen LogP contribution in [0.2, 0.25) is 5.02 Å². The first-order chi connectivity index (χ1) is 17.9. The number of nitrogens with zero attached hydrogens (tertiary/aromatic N) is 3. The standard InChI is InChI=1S/C28H19ClN4O2S2/c1-17-23(22-8-4-5-9-24(22)32(17)16-20-7-3-2-6-19(20)15-30)14-25-27(35)33(28(36)37-25)31-26(34)18-10-12-21(29)13-11-18/h2-14H,16H2,1H3,(H,31,34)/b25-14-. The van der Waals surface area contributed by atoms with Gasteiger partial charge in [-0.1, -0.05) is 59.8 Å². The fourth-order valence-electron chi connectivity index (χ4n) is 4.24. The Bertz CT molecular complexity index is 1650. The van der Waals surface area contributed by atoms with Gasteiger partial charge in [-0.05, 0) is 67.2 Å². The molecule has 5 rings (SSSR count). The van der Waals surface area contributed by atoms with Crippen molar-refractivity contribution in [1.82, 2.24) is 15.0 Å². The number of fused-ring (bicyclic) bond motifs is 1. The molecule has 0 spiro atoms. The van der Waals surface area contributed by atoms with Gasteiger partial charge in [-0.2, -0.15) is 10.3 Å². The van der Waals surface area contributed by atoms with Crippen molar-refractivity contribution in [2.45, 2.75) is 13.5 Å². The number of carbonyl (C=O) groups excluding carboxylic acids is 2. The van der Waals surface area contributed by atoms with Crippen LogP contribution in [0.15, 0.2) is 77.7 Å². The minimum atomic E-state index is -0.460. The highest BCUT2D eigenvalue weighted by atomic mass is 35.5. The third-order valence-electron chi connectivity index (χ3n) is 6.13. The van der Waals surface area contributed by atoms with E-state index in [0.29, 0.717) is 27.6 Å². The molecule has 37 heavy (non-hydrogen) atoms. The fourth-order valence-corrected chi connectivity index (χ4v) is 5.53. The van der Waals surface area contributed by atoms with E-state index in [4.69, 9.17) is 23.8 Å². The zero-order chi connectivity index (χ0) is 26.1. The van der Waals surface area contributed by atoms with Crippen molar-refractivity contribution in [2.75, 3.05) is 0 Å². The van der Waals surface area contributed by atoms with Crippen molar-refractivity contribution < 1.29 is 9.59 Å². The molecule has 0 bridgehead atoms. The molecule has 2 amide bonds. The summed E-state index contributed by atoms with van der Waals surface area (Å²) in [4.78, 5) is 26.3. The topological polar surface area (TPSA) is 78.1 Å². The van der Waals surface area contributed by atoms with Gasteiger partial charge >= 0.3 is 0 Å². The molecule has 0 unspecified atom stereocenters.